The standard InChI is InChI=1S/C30H34F6N4O5S2/c1-20-17-23(27(41)39-12-8-29(43,19-31)9-13-39)18-21(2)25(20)7-16-46(44,45)40-14-10-30(11-15-40)28(42)37-26(38-30)22-3-5-24(6-4-22)47(32,33,34,35)36/h3-7,16-18,43H,8-15,19H2,1-2H3,(H,37,38,42)/b16-7+. The fourth-order valence-electron chi connectivity index (χ4n) is 6.02. The molecule has 3 heterocycles. The van der Waals surface area contributed by atoms with Crippen LogP contribution in [-0.2, 0) is 14.8 Å². The molecule has 17 heteroatoms. The predicted molar refractivity (Wildman–Crippen MR) is 166 cm³/mol. The quantitative estimate of drug-likeness (QED) is 0.363. The van der Waals surface area contributed by atoms with Crippen LogP contribution in [0.15, 0.2) is 51.7 Å². The molecule has 3 aliphatic heterocycles. The normalized spacial score (nSPS) is 21.8. The number of sulfonamides is 1. The molecule has 2 saturated heterocycles. The largest absolute Gasteiger partial charge is 0.387 e. The highest BCUT2D eigenvalue weighted by atomic mass is 32.5. The van der Waals surface area contributed by atoms with E-state index in [1.165, 1.54) is 10.4 Å². The maximum Gasteiger partial charge on any atom is 0.310 e. The van der Waals surface area contributed by atoms with Crippen LogP contribution in [0.5, 0.6) is 0 Å². The van der Waals surface area contributed by atoms with Crippen LogP contribution in [0, 0.1) is 13.8 Å². The average Bonchev–Trinajstić information content (AvgIpc) is 3.30. The highest BCUT2D eigenvalue weighted by Crippen LogP contribution is 3.02. The van der Waals surface area contributed by atoms with Gasteiger partial charge in [-0.25, -0.2) is 12.8 Å². The van der Waals surface area contributed by atoms with E-state index in [1.807, 2.05) is 0 Å². The van der Waals surface area contributed by atoms with Crippen molar-refractivity contribution in [2.75, 3.05) is 32.9 Å². The van der Waals surface area contributed by atoms with E-state index in [0.29, 0.717) is 22.3 Å². The summed E-state index contributed by atoms with van der Waals surface area (Å²) in [6.07, 6.45) is 1.65. The first-order valence-corrected chi connectivity index (χ1v) is 18.1. The van der Waals surface area contributed by atoms with Crippen molar-refractivity contribution in [3.8, 4) is 0 Å². The first kappa shape index (κ1) is 34.9. The molecule has 1 spiro atoms. The van der Waals surface area contributed by atoms with Gasteiger partial charge in [-0.2, -0.15) is 4.31 Å². The number of benzene rings is 2. The number of alkyl halides is 1. The third kappa shape index (κ3) is 7.22. The van der Waals surface area contributed by atoms with Crippen molar-refractivity contribution < 1.29 is 46.9 Å². The summed E-state index contributed by atoms with van der Waals surface area (Å²) in [7, 11) is -13.8. The molecule has 3 aliphatic rings. The molecule has 258 valence electrons. The summed E-state index contributed by atoms with van der Waals surface area (Å²) in [5.41, 5.74) is -0.517. The van der Waals surface area contributed by atoms with E-state index in [-0.39, 0.29) is 81.3 Å². The number of hydrogen-bond acceptors (Lipinski definition) is 6. The fraction of sp³-hybridized carbons (Fsp3) is 0.433. The zero-order chi connectivity index (χ0) is 34.7. The van der Waals surface area contributed by atoms with Crippen molar-refractivity contribution in [1.82, 2.24) is 14.5 Å². The molecule has 2 amide bonds. The molecule has 0 saturated carbocycles. The third-order valence-electron chi connectivity index (χ3n) is 8.94. The van der Waals surface area contributed by atoms with Crippen LogP contribution in [-0.4, -0.2) is 84.4 Å². The predicted octanol–water partition coefficient (Wildman–Crippen LogP) is 5.61. The van der Waals surface area contributed by atoms with Gasteiger partial charge in [0, 0.05) is 42.7 Å². The zero-order valence-electron chi connectivity index (χ0n) is 25.5. The number of nitrogens with zero attached hydrogens (tertiary/aromatic N) is 3. The molecule has 0 aromatic heterocycles. The molecule has 0 atom stereocenters. The Balaban J connectivity index is 1.25. The van der Waals surface area contributed by atoms with Crippen LogP contribution >= 0.6 is 10.2 Å². The number of carbonyl (C=O) groups excluding carboxylic acids is 2. The van der Waals surface area contributed by atoms with Crippen LogP contribution < -0.4 is 5.32 Å². The highest BCUT2D eigenvalue weighted by Gasteiger charge is 2.65. The van der Waals surface area contributed by atoms with Crippen LogP contribution in [0.2, 0.25) is 0 Å². The minimum atomic E-state index is -9.87. The molecule has 0 unspecified atom stereocenters. The van der Waals surface area contributed by atoms with Gasteiger partial charge in [0.05, 0.1) is 5.60 Å². The number of halogens is 6. The molecule has 2 N–H and O–H groups in total. The second kappa shape index (κ2) is 11.1. The van der Waals surface area contributed by atoms with E-state index >= 15 is 0 Å². The molecular formula is C30H34F6N4O5S2. The van der Waals surface area contributed by atoms with Gasteiger partial charge in [-0.05, 0) is 98.7 Å². The van der Waals surface area contributed by atoms with E-state index in [4.69, 9.17) is 0 Å². The van der Waals surface area contributed by atoms with Gasteiger partial charge in [-0.1, -0.05) is 19.4 Å². The Morgan fingerprint density at radius 1 is 0.979 bits per heavy atom. The van der Waals surface area contributed by atoms with Crippen molar-refractivity contribution in [1.29, 1.82) is 0 Å². The van der Waals surface area contributed by atoms with Gasteiger partial charge in [-0.15, -0.1) is 0 Å². The Bertz CT molecular complexity index is 1760. The van der Waals surface area contributed by atoms with Crippen molar-refractivity contribution in [2.45, 2.75) is 55.6 Å². The van der Waals surface area contributed by atoms with Crippen LogP contribution in [0.3, 0.4) is 0 Å². The highest BCUT2D eigenvalue weighted by molar-refractivity contribution is 8.45. The Kier molecular flexibility index (Phi) is 8.22. The van der Waals surface area contributed by atoms with E-state index in [9.17, 15) is 46.9 Å². The smallest absolute Gasteiger partial charge is 0.310 e. The summed E-state index contributed by atoms with van der Waals surface area (Å²) in [6.45, 7) is 2.84. The number of amidine groups is 1. The second-order valence-electron chi connectivity index (χ2n) is 12.4. The Labute approximate surface area is 268 Å². The molecular weight excluding hydrogens is 674 g/mol. The summed E-state index contributed by atoms with van der Waals surface area (Å²) >= 11 is 0. The number of hydrogen-bond donors (Lipinski definition) is 2. The minimum Gasteiger partial charge on any atom is -0.387 e. The summed E-state index contributed by atoms with van der Waals surface area (Å²) < 4.78 is 106. The Morgan fingerprint density at radius 3 is 2.04 bits per heavy atom. The topological polar surface area (TPSA) is 119 Å². The third-order valence-corrected chi connectivity index (χ3v) is 11.7. The average molecular weight is 709 g/mol. The summed E-state index contributed by atoms with van der Waals surface area (Å²) in [6, 6.07) is 5.34. The van der Waals surface area contributed by atoms with Gasteiger partial charge in [-0.3, -0.25) is 14.6 Å². The lowest BCUT2D eigenvalue weighted by Crippen LogP contribution is -2.50. The lowest BCUT2D eigenvalue weighted by atomic mass is 9.89. The molecule has 9 nitrogen and oxygen atoms in total. The van der Waals surface area contributed by atoms with Crippen LogP contribution in [0.1, 0.15) is 58.3 Å². The summed E-state index contributed by atoms with van der Waals surface area (Å²) in [5.74, 6) is -0.930. The molecule has 0 bridgehead atoms. The molecule has 2 aromatic carbocycles. The Hall–Kier alpha value is -3.41. The zero-order valence-corrected chi connectivity index (χ0v) is 27.1. The monoisotopic (exact) mass is 708 g/mol. The number of likely N-dealkylation sites (tertiary alicyclic amines) is 1. The lowest BCUT2D eigenvalue weighted by molar-refractivity contribution is -0.124. The summed E-state index contributed by atoms with van der Waals surface area (Å²) in [5, 5.41) is 13.6. The summed E-state index contributed by atoms with van der Waals surface area (Å²) in [4.78, 5) is 29.8. The first-order chi connectivity index (χ1) is 21.5. The van der Waals surface area contributed by atoms with Gasteiger partial charge >= 0.3 is 10.2 Å². The molecule has 47 heavy (non-hydrogen) atoms. The Morgan fingerprint density at radius 2 is 1.53 bits per heavy atom. The number of aliphatic hydroxyl groups is 1. The minimum absolute atomic E-state index is 0.00261. The van der Waals surface area contributed by atoms with Gasteiger partial charge in [0.2, 0.25) is 10.0 Å². The lowest BCUT2D eigenvalue weighted by Gasteiger charge is -2.40. The molecule has 2 aromatic rings. The van der Waals surface area contributed by atoms with Gasteiger partial charge < -0.3 is 15.3 Å². The molecule has 0 radical (unpaired) electrons. The van der Waals surface area contributed by atoms with Gasteiger partial charge in [0.25, 0.3) is 11.8 Å². The van der Waals surface area contributed by atoms with E-state index in [2.05, 4.69) is 10.3 Å². The van der Waals surface area contributed by atoms with Crippen molar-refractivity contribution in [3.05, 3.63) is 69.6 Å². The van der Waals surface area contributed by atoms with Gasteiger partial charge in [0.1, 0.15) is 22.9 Å². The van der Waals surface area contributed by atoms with Gasteiger partial charge in [0.15, 0.2) is 0 Å². The second-order valence-corrected chi connectivity index (χ2v) is 16.6. The molecule has 5 rings (SSSR count). The number of nitrogens with one attached hydrogen (secondary N) is 1. The van der Waals surface area contributed by atoms with E-state index in [0.717, 1.165) is 17.5 Å². The number of carbonyl (C=O) groups is 2. The van der Waals surface area contributed by atoms with Crippen molar-refractivity contribution in [2.24, 2.45) is 4.99 Å². The fourth-order valence-corrected chi connectivity index (χ4v) is 7.84. The molecule has 0 aliphatic carbocycles. The number of aliphatic imine (C=N–C) groups is 1. The number of amides is 2. The number of aryl methyl sites for hydroxylation is 2. The maximum atomic E-state index is 13.2. The number of piperidine rings is 2. The first-order valence-electron chi connectivity index (χ1n) is 14.7. The van der Waals surface area contributed by atoms with Crippen molar-refractivity contribution >= 4 is 44.0 Å². The SMILES string of the molecule is Cc1cc(C(=O)N2CCC(O)(CF)CC2)cc(C)c1/C=C/S(=O)(=O)N1CCC2(CC1)N=C(c1ccc(S(F)(F)(F)(F)F)cc1)NC2=O. The number of rotatable bonds is 7. The van der Waals surface area contributed by atoms with E-state index < -0.39 is 48.9 Å². The van der Waals surface area contributed by atoms with Crippen LogP contribution in [0.4, 0.5) is 23.8 Å². The van der Waals surface area contributed by atoms with Crippen LogP contribution in [0.25, 0.3) is 6.08 Å². The molecule has 2 fully saturated rings. The van der Waals surface area contributed by atoms with Crippen molar-refractivity contribution in [3.63, 3.8) is 0 Å². The van der Waals surface area contributed by atoms with E-state index in [1.54, 1.807) is 30.9 Å². The maximum absolute atomic E-state index is 13.2.